The Morgan fingerprint density at radius 2 is 1.29 bits per heavy atom. The number of carbonyl (C=O) groups excluding carboxylic acids is 2. The highest BCUT2D eigenvalue weighted by atomic mass is 16.6. The van der Waals surface area contributed by atoms with E-state index < -0.39 is 0 Å². The third-order valence-electron chi connectivity index (χ3n) is 6.44. The first-order valence-electron chi connectivity index (χ1n) is 12.7. The number of alkyl carbamates (subject to hydrolysis) is 1. The number of hydrogen-bond acceptors (Lipinski definition) is 5. The molecule has 180 valence electrons. The van der Waals surface area contributed by atoms with Crippen LogP contribution in [-0.4, -0.2) is 80.3 Å². The van der Waals surface area contributed by atoms with E-state index in [1.807, 2.05) is 13.8 Å². The molecule has 1 saturated heterocycles. The molecule has 0 aromatic carbocycles. The average molecular weight is 439 g/mol. The largest absolute Gasteiger partial charge is 0.446 e. The monoisotopic (exact) mass is 438 g/mol. The molecular formula is C24H46N4O3. The van der Waals surface area contributed by atoms with Crippen molar-refractivity contribution >= 4 is 12.0 Å². The minimum Gasteiger partial charge on any atom is -0.446 e. The molecule has 1 saturated carbocycles. The fourth-order valence-electron chi connectivity index (χ4n) is 4.35. The van der Waals surface area contributed by atoms with Crippen molar-refractivity contribution in [2.75, 3.05) is 52.4 Å². The molecule has 7 heteroatoms. The minimum atomic E-state index is -0.237. The SMILES string of the molecule is CC(C)C(=O)NCCCN1CCN(CCCNC(=O)OC2CCCCCCCC2)CC1. The summed E-state index contributed by atoms with van der Waals surface area (Å²) in [5, 5.41) is 5.94. The van der Waals surface area contributed by atoms with E-state index in [1.54, 1.807) is 0 Å². The van der Waals surface area contributed by atoms with Gasteiger partial charge in [0.05, 0.1) is 0 Å². The smallest absolute Gasteiger partial charge is 0.407 e. The Hall–Kier alpha value is -1.34. The van der Waals surface area contributed by atoms with Crippen molar-refractivity contribution in [3.8, 4) is 0 Å². The van der Waals surface area contributed by atoms with Crippen molar-refractivity contribution in [1.29, 1.82) is 0 Å². The Bertz CT molecular complexity index is 497. The summed E-state index contributed by atoms with van der Waals surface area (Å²) in [7, 11) is 0. The second-order valence-electron chi connectivity index (χ2n) is 9.49. The van der Waals surface area contributed by atoms with Crippen LogP contribution in [0.15, 0.2) is 0 Å². The van der Waals surface area contributed by atoms with Crippen molar-refractivity contribution in [2.45, 2.75) is 84.2 Å². The molecule has 7 nitrogen and oxygen atoms in total. The molecule has 1 heterocycles. The highest BCUT2D eigenvalue weighted by Gasteiger charge is 2.17. The quantitative estimate of drug-likeness (QED) is 0.512. The van der Waals surface area contributed by atoms with Crippen molar-refractivity contribution in [2.24, 2.45) is 5.92 Å². The van der Waals surface area contributed by atoms with Gasteiger partial charge in [-0.25, -0.2) is 4.79 Å². The average Bonchev–Trinajstić information content (AvgIpc) is 2.89. The first-order chi connectivity index (χ1) is 15.0. The Labute approximate surface area is 189 Å². The minimum absolute atomic E-state index is 0.0610. The molecule has 0 aromatic heterocycles. The van der Waals surface area contributed by atoms with Crippen LogP contribution in [-0.2, 0) is 9.53 Å². The molecule has 1 aliphatic carbocycles. The molecule has 31 heavy (non-hydrogen) atoms. The van der Waals surface area contributed by atoms with Gasteiger partial charge in [0.1, 0.15) is 6.10 Å². The van der Waals surface area contributed by atoms with E-state index in [-0.39, 0.29) is 24.0 Å². The lowest BCUT2D eigenvalue weighted by Crippen LogP contribution is -2.47. The molecule has 0 aromatic rings. The predicted octanol–water partition coefficient (Wildman–Crippen LogP) is 3.39. The molecule has 2 aliphatic rings. The molecule has 0 unspecified atom stereocenters. The summed E-state index contributed by atoms with van der Waals surface area (Å²) in [5.41, 5.74) is 0. The number of nitrogens with zero attached hydrogens (tertiary/aromatic N) is 2. The highest BCUT2D eigenvalue weighted by Crippen LogP contribution is 2.19. The standard InChI is InChI=1S/C24H46N4O3/c1-21(2)23(29)25-13-9-15-27-17-19-28(20-18-27)16-10-14-26-24(30)31-22-11-7-5-3-4-6-8-12-22/h21-22H,3-20H2,1-2H3,(H,25,29)(H,26,30). The van der Waals surface area contributed by atoms with Crippen molar-refractivity contribution in [1.82, 2.24) is 20.4 Å². The zero-order chi connectivity index (χ0) is 22.3. The number of ether oxygens (including phenoxy) is 1. The summed E-state index contributed by atoms with van der Waals surface area (Å²) in [5.74, 6) is 0.202. The van der Waals surface area contributed by atoms with Crippen LogP contribution >= 0.6 is 0 Å². The van der Waals surface area contributed by atoms with Gasteiger partial charge in [-0.15, -0.1) is 0 Å². The summed E-state index contributed by atoms with van der Waals surface area (Å²) in [6.45, 7) is 11.7. The van der Waals surface area contributed by atoms with Crippen LogP contribution in [0, 0.1) is 5.92 Å². The van der Waals surface area contributed by atoms with E-state index in [2.05, 4.69) is 20.4 Å². The van der Waals surface area contributed by atoms with Crippen LogP contribution in [0.2, 0.25) is 0 Å². The first kappa shape index (κ1) is 25.9. The van der Waals surface area contributed by atoms with Gasteiger partial charge < -0.3 is 25.2 Å². The molecule has 2 fully saturated rings. The van der Waals surface area contributed by atoms with E-state index in [9.17, 15) is 9.59 Å². The van der Waals surface area contributed by atoms with Gasteiger partial charge >= 0.3 is 6.09 Å². The molecular weight excluding hydrogens is 392 g/mol. The van der Waals surface area contributed by atoms with Gasteiger partial charge in [-0.05, 0) is 51.6 Å². The van der Waals surface area contributed by atoms with E-state index in [1.165, 1.54) is 38.5 Å². The van der Waals surface area contributed by atoms with Crippen LogP contribution in [0.3, 0.4) is 0 Å². The fraction of sp³-hybridized carbons (Fsp3) is 0.917. The molecule has 0 atom stereocenters. The first-order valence-corrected chi connectivity index (χ1v) is 12.7. The number of hydrogen-bond donors (Lipinski definition) is 2. The lowest BCUT2D eigenvalue weighted by Gasteiger charge is -2.34. The molecule has 2 N–H and O–H groups in total. The third-order valence-corrected chi connectivity index (χ3v) is 6.44. The summed E-state index contributed by atoms with van der Waals surface area (Å²) in [4.78, 5) is 28.6. The maximum Gasteiger partial charge on any atom is 0.407 e. The summed E-state index contributed by atoms with van der Waals surface area (Å²) >= 11 is 0. The molecule has 1 aliphatic heterocycles. The van der Waals surface area contributed by atoms with Gasteiger partial charge in [0.15, 0.2) is 0 Å². The maximum atomic E-state index is 12.1. The molecule has 0 bridgehead atoms. The Balaban J connectivity index is 1.47. The second kappa shape index (κ2) is 15.5. The molecule has 0 radical (unpaired) electrons. The zero-order valence-electron chi connectivity index (χ0n) is 20.0. The van der Waals surface area contributed by atoms with Gasteiger partial charge in [-0.2, -0.15) is 0 Å². The van der Waals surface area contributed by atoms with Crippen LogP contribution in [0.1, 0.15) is 78.1 Å². The molecule has 2 amide bonds. The number of nitrogens with one attached hydrogen (secondary N) is 2. The summed E-state index contributed by atoms with van der Waals surface area (Å²) in [6.07, 6.45) is 11.4. The number of rotatable bonds is 10. The van der Waals surface area contributed by atoms with Gasteiger partial charge in [0.25, 0.3) is 0 Å². The number of carbonyl (C=O) groups is 2. The van der Waals surface area contributed by atoms with Gasteiger partial charge in [-0.3, -0.25) is 4.79 Å². The van der Waals surface area contributed by atoms with Crippen LogP contribution in [0.4, 0.5) is 4.79 Å². The van der Waals surface area contributed by atoms with E-state index >= 15 is 0 Å². The van der Waals surface area contributed by atoms with Gasteiger partial charge in [0.2, 0.25) is 5.91 Å². The second-order valence-corrected chi connectivity index (χ2v) is 9.49. The van der Waals surface area contributed by atoms with Crippen LogP contribution < -0.4 is 10.6 Å². The topological polar surface area (TPSA) is 73.9 Å². The van der Waals surface area contributed by atoms with Crippen molar-refractivity contribution in [3.63, 3.8) is 0 Å². The van der Waals surface area contributed by atoms with Crippen LogP contribution in [0.25, 0.3) is 0 Å². The Morgan fingerprint density at radius 1 is 0.806 bits per heavy atom. The maximum absolute atomic E-state index is 12.1. The number of piperazine rings is 1. The normalized spacial score (nSPS) is 20.0. The predicted molar refractivity (Wildman–Crippen MR) is 125 cm³/mol. The van der Waals surface area contributed by atoms with E-state index in [0.29, 0.717) is 6.54 Å². The molecule has 2 rings (SSSR count). The third kappa shape index (κ3) is 11.7. The van der Waals surface area contributed by atoms with Crippen LogP contribution in [0.5, 0.6) is 0 Å². The Morgan fingerprint density at radius 3 is 1.81 bits per heavy atom. The van der Waals surface area contributed by atoms with Gasteiger partial charge in [0, 0.05) is 45.2 Å². The summed E-state index contributed by atoms with van der Waals surface area (Å²) in [6, 6.07) is 0. The van der Waals surface area contributed by atoms with E-state index in [4.69, 9.17) is 4.74 Å². The number of amides is 2. The fourth-order valence-corrected chi connectivity index (χ4v) is 4.35. The van der Waals surface area contributed by atoms with E-state index in [0.717, 1.165) is 71.5 Å². The summed E-state index contributed by atoms with van der Waals surface area (Å²) < 4.78 is 5.67. The van der Waals surface area contributed by atoms with Crippen molar-refractivity contribution < 1.29 is 14.3 Å². The van der Waals surface area contributed by atoms with Gasteiger partial charge in [-0.1, -0.05) is 39.5 Å². The van der Waals surface area contributed by atoms with Crippen molar-refractivity contribution in [3.05, 3.63) is 0 Å². The lowest BCUT2D eigenvalue weighted by atomic mass is 10.1. The highest BCUT2D eigenvalue weighted by molar-refractivity contribution is 5.77. The zero-order valence-corrected chi connectivity index (χ0v) is 20.0. The Kier molecular flexibility index (Phi) is 12.9. The lowest BCUT2D eigenvalue weighted by molar-refractivity contribution is -0.123. The molecule has 0 spiro atoms.